The van der Waals surface area contributed by atoms with E-state index < -0.39 is 42.3 Å². The van der Waals surface area contributed by atoms with Crippen molar-refractivity contribution in [2.75, 3.05) is 12.4 Å². The van der Waals surface area contributed by atoms with Crippen molar-refractivity contribution in [3.8, 4) is 0 Å². The van der Waals surface area contributed by atoms with E-state index >= 15 is 0 Å². The van der Waals surface area contributed by atoms with Crippen LogP contribution in [0.1, 0.15) is 32.1 Å². The fourth-order valence-electron chi connectivity index (χ4n) is 2.02. The maximum absolute atomic E-state index is 11.7. The predicted molar refractivity (Wildman–Crippen MR) is 88.4 cm³/mol. The van der Waals surface area contributed by atoms with Gasteiger partial charge in [-0.3, -0.25) is 4.79 Å². The first-order valence-electron chi connectivity index (χ1n) is 7.33. The Morgan fingerprint density at radius 2 is 2.04 bits per heavy atom. The van der Waals surface area contributed by atoms with E-state index in [9.17, 15) is 19.8 Å². The number of carbonyl (C=O) groups excluding carboxylic acids is 2. The highest BCUT2D eigenvalue weighted by molar-refractivity contribution is 7.81. The molecule has 9 heteroatoms. The van der Waals surface area contributed by atoms with Crippen molar-refractivity contribution in [3.05, 3.63) is 11.5 Å². The maximum Gasteiger partial charge on any atom is 0.378 e. The molecule has 0 amide bonds. The second-order valence-corrected chi connectivity index (χ2v) is 6.35. The fourth-order valence-corrected chi connectivity index (χ4v) is 2.84. The Morgan fingerprint density at radius 1 is 1.35 bits per heavy atom. The number of ether oxygens (including phenoxy) is 2. The second-order valence-electron chi connectivity index (χ2n) is 5.18. The van der Waals surface area contributed by atoms with Crippen LogP contribution in [0.15, 0.2) is 11.5 Å². The largest absolute Gasteiger partial charge is 0.505 e. The molecule has 7 nitrogen and oxygen atoms in total. The summed E-state index contributed by atoms with van der Waals surface area (Å²) in [6, 6.07) is 0. The number of carbonyl (C=O) groups is 2. The SMILES string of the molecule is O=C(CCCCC(S)CCS)OC1=C(O)C(C(O)CO)OC1=O. The Morgan fingerprint density at radius 3 is 2.65 bits per heavy atom. The molecular formula is C14H22O7S2. The number of aliphatic hydroxyl groups excluding tert-OH is 3. The molecule has 0 fully saturated rings. The molecule has 1 heterocycles. The zero-order valence-corrected chi connectivity index (χ0v) is 14.3. The summed E-state index contributed by atoms with van der Waals surface area (Å²) in [5.74, 6) is -2.28. The monoisotopic (exact) mass is 366 g/mol. The van der Waals surface area contributed by atoms with E-state index in [-0.39, 0.29) is 11.7 Å². The summed E-state index contributed by atoms with van der Waals surface area (Å²) in [5, 5.41) is 28.2. The fraction of sp³-hybridized carbons (Fsp3) is 0.714. The molecule has 0 aromatic carbocycles. The van der Waals surface area contributed by atoms with Crippen molar-refractivity contribution >= 4 is 37.2 Å². The van der Waals surface area contributed by atoms with Crippen molar-refractivity contribution in [1.82, 2.24) is 0 Å². The summed E-state index contributed by atoms with van der Waals surface area (Å²) in [5.41, 5.74) is 0. The van der Waals surface area contributed by atoms with Gasteiger partial charge in [-0.1, -0.05) is 6.42 Å². The molecule has 0 radical (unpaired) electrons. The number of cyclic esters (lactones) is 1. The van der Waals surface area contributed by atoms with Crippen LogP contribution in [-0.4, -0.2) is 57.1 Å². The van der Waals surface area contributed by atoms with E-state index in [2.05, 4.69) is 30.0 Å². The third kappa shape index (κ3) is 6.25. The third-order valence-electron chi connectivity index (χ3n) is 3.30. The maximum atomic E-state index is 11.7. The minimum atomic E-state index is -1.48. The first kappa shape index (κ1) is 20.1. The van der Waals surface area contributed by atoms with E-state index in [1.54, 1.807) is 0 Å². The molecule has 3 unspecified atom stereocenters. The highest BCUT2D eigenvalue weighted by atomic mass is 32.1. The van der Waals surface area contributed by atoms with Gasteiger partial charge >= 0.3 is 11.9 Å². The molecule has 0 aromatic rings. The summed E-state index contributed by atoms with van der Waals surface area (Å²) in [4.78, 5) is 23.2. The van der Waals surface area contributed by atoms with Crippen LogP contribution in [0.5, 0.6) is 0 Å². The molecule has 0 saturated heterocycles. The van der Waals surface area contributed by atoms with Gasteiger partial charge < -0.3 is 24.8 Å². The molecule has 1 aliphatic rings. The molecule has 0 saturated carbocycles. The number of aliphatic hydroxyl groups is 3. The van der Waals surface area contributed by atoms with Crippen LogP contribution in [-0.2, 0) is 19.1 Å². The molecule has 1 rings (SSSR count). The summed E-state index contributed by atoms with van der Waals surface area (Å²) < 4.78 is 9.46. The van der Waals surface area contributed by atoms with Crippen LogP contribution in [0.25, 0.3) is 0 Å². The second kappa shape index (κ2) is 10.1. The van der Waals surface area contributed by atoms with Crippen LogP contribution < -0.4 is 0 Å². The van der Waals surface area contributed by atoms with Crippen LogP contribution in [0.4, 0.5) is 0 Å². The summed E-state index contributed by atoms with van der Waals surface area (Å²) >= 11 is 8.50. The number of unbranched alkanes of at least 4 members (excludes halogenated alkanes) is 1. The van der Waals surface area contributed by atoms with Crippen LogP contribution in [0.3, 0.4) is 0 Å². The van der Waals surface area contributed by atoms with Crippen molar-refractivity contribution in [2.24, 2.45) is 0 Å². The van der Waals surface area contributed by atoms with Gasteiger partial charge in [0.25, 0.3) is 5.76 Å². The first-order valence-corrected chi connectivity index (χ1v) is 8.48. The van der Waals surface area contributed by atoms with E-state index in [1.807, 2.05) is 0 Å². The van der Waals surface area contributed by atoms with Gasteiger partial charge in [0, 0.05) is 11.7 Å². The Hall–Kier alpha value is -0.900. The van der Waals surface area contributed by atoms with Crippen LogP contribution in [0.2, 0.25) is 0 Å². The normalized spacial score (nSPS) is 20.3. The number of thiol groups is 2. The van der Waals surface area contributed by atoms with Crippen molar-refractivity contribution in [1.29, 1.82) is 0 Å². The summed E-state index contributed by atoms with van der Waals surface area (Å²) in [7, 11) is 0. The van der Waals surface area contributed by atoms with Crippen molar-refractivity contribution < 1.29 is 34.4 Å². The Labute approximate surface area is 145 Å². The summed E-state index contributed by atoms with van der Waals surface area (Å²) in [6.07, 6.45) is 0.261. The molecule has 23 heavy (non-hydrogen) atoms. The number of hydrogen-bond acceptors (Lipinski definition) is 9. The van der Waals surface area contributed by atoms with E-state index in [0.29, 0.717) is 6.42 Å². The molecule has 0 bridgehead atoms. The van der Waals surface area contributed by atoms with Gasteiger partial charge in [-0.15, -0.1) is 0 Å². The van der Waals surface area contributed by atoms with E-state index in [1.165, 1.54) is 0 Å². The molecule has 132 valence electrons. The predicted octanol–water partition coefficient (Wildman–Crippen LogP) is 0.756. The van der Waals surface area contributed by atoms with Gasteiger partial charge in [-0.25, -0.2) is 4.79 Å². The number of rotatable bonds is 10. The third-order valence-corrected chi connectivity index (χ3v) is 4.08. The van der Waals surface area contributed by atoms with Gasteiger partial charge in [0.2, 0.25) is 0 Å². The molecule has 1 aliphatic heterocycles. The molecule has 3 N–H and O–H groups in total. The number of esters is 2. The zero-order valence-electron chi connectivity index (χ0n) is 12.6. The Kier molecular flexibility index (Phi) is 8.82. The molecule has 3 atom stereocenters. The van der Waals surface area contributed by atoms with Gasteiger partial charge in [0.1, 0.15) is 6.10 Å². The number of hydrogen-bond donors (Lipinski definition) is 5. The lowest BCUT2D eigenvalue weighted by atomic mass is 10.1. The Bertz CT molecular complexity index is 452. The smallest absolute Gasteiger partial charge is 0.378 e. The van der Waals surface area contributed by atoms with Crippen molar-refractivity contribution in [3.63, 3.8) is 0 Å². The lowest BCUT2D eigenvalue weighted by molar-refractivity contribution is -0.153. The van der Waals surface area contributed by atoms with Gasteiger partial charge in [-0.05, 0) is 25.0 Å². The van der Waals surface area contributed by atoms with Crippen molar-refractivity contribution in [2.45, 2.75) is 49.6 Å². The lowest BCUT2D eigenvalue weighted by Crippen LogP contribution is -2.31. The molecule has 0 aliphatic carbocycles. The summed E-state index contributed by atoms with van der Waals surface area (Å²) in [6.45, 7) is -0.708. The van der Waals surface area contributed by atoms with Gasteiger partial charge in [0.15, 0.2) is 11.9 Å². The van der Waals surface area contributed by atoms with E-state index in [0.717, 1.165) is 25.0 Å². The highest BCUT2D eigenvalue weighted by Crippen LogP contribution is 2.24. The van der Waals surface area contributed by atoms with Gasteiger partial charge in [-0.2, -0.15) is 25.3 Å². The first-order chi connectivity index (χ1) is 10.9. The highest BCUT2D eigenvalue weighted by Gasteiger charge is 2.41. The zero-order chi connectivity index (χ0) is 17.4. The van der Waals surface area contributed by atoms with Gasteiger partial charge in [0.05, 0.1) is 6.61 Å². The minimum absolute atomic E-state index is 0.0820. The average molecular weight is 366 g/mol. The topological polar surface area (TPSA) is 113 Å². The standard InChI is InChI=1S/C14H22O7S2/c15-7-9(16)12-11(18)13(14(19)21-12)20-10(17)4-2-1-3-8(23)5-6-22/h8-9,12,15-16,18,22-23H,1-7H2. The van der Waals surface area contributed by atoms with Crippen LogP contribution >= 0.6 is 25.3 Å². The Balaban J connectivity index is 2.41. The average Bonchev–Trinajstić information content (AvgIpc) is 2.79. The molecule has 0 aromatic heterocycles. The minimum Gasteiger partial charge on any atom is -0.505 e. The van der Waals surface area contributed by atoms with E-state index in [4.69, 9.17) is 9.84 Å². The lowest BCUT2D eigenvalue weighted by Gasteiger charge is -2.13. The van der Waals surface area contributed by atoms with Crippen LogP contribution in [0, 0.1) is 0 Å². The molecule has 0 spiro atoms. The quantitative estimate of drug-likeness (QED) is 0.220. The molecular weight excluding hydrogens is 344 g/mol.